The van der Waals surface area contributed by atoms with Gasteiger partial charge < -0.3 is 9.64 Å². The summed E-state index contributed by atoms with van der Waals surface area (Å²) in [6, 6.07) is 4.93. The van der Waals surface area contributed by atoms with Gasteiger partial charge in [0.25, 0.3) is 0 Å². The molecule has 2 aromatic rings. The summed E-state index contributed by atoms with van der Waals surface area (Å²) in [5.41, 5.74) is -4.69. The van der Waals surface area contributed by atoms with E-state index in [1.165, 1.54) is 6.07 Å². The lowest BCUT2D eigenvalue weighted by Gasteiger charge is -2.38. The average Bonchev–Trinajstić information content (AvgIpc) is 2.65. The van der Waals surface area contributed by atoms with Gasteiger partial charge >= 0.3 is 15.6 Å². The van der Waals surface area contributed by atoms with Crippen molar-refractivity contribution in [3.8, 4) is 6.07 Å². The van der Waals surface area contributed by atoms with Crippen LogP contribution in [0.3, 0.4) is 0 Å². The van der Waals surface area contributed by atoms with Gasteiger partial charge in [-0.05, 0) is 19.1 Å². The van der Waals surface area contributed by atoms with E-state index in [1.807, 2.05) is 6.07 Å². The Bertz CT molecular complexity index is 1120. The fourth-order valence-electron chi connectivity index (χ4n) is 2.87. The number of alkyl halides is 3. The molecule has 2 atom stereocenters. The summed E-state index contributed by atoms with van der Waals surface area (Å²) in [5.74, 6) is 0. The van der Waals surface area contributed by atoms with E-state index in [4.69, 9.17) is 7.48 Å². The number of aromatic nitrogens is 2. The highest BCUT2D eigenvalue weighted by Crippen LogP contribution is 2.30. The molecule has 1 aliphatic heterocycles. The van der Waals surface area contributed by atoms with Crippen molar-refractivity contribution in [2.75, 3.05) is 24.6 Å². The molecule has 1 saturated heterocycles. The van der Waals surface area contributed by atoms with Gasteiger partial charge in [-0.3, -0.25) is 14.2 Å². The van der Waals surface area contributed by atoms with E-state index in [-0.39, 0.29) is 29.7 Å². The zero-order valence-electron chi connectivity index (χ0n) is 16.4. The molecule has 0 N–H and O–H groups in total. The summed E-state index contributed by atoms with van der Waals surface area (Å²) < 4.78 is 84.7. The second-order valence-electron chi connectivity index (χ2n) is 6.05. The third kappa shape index (κ3) is 4.01. The Hall–Kier alpha value is -2.49. The Morgan fingerprint density at radius 2 is 2.04 bits per heavy atom. The molecule has 1 aliphatic rings. The summed E-state index contributed by atoms with van der Waals surface area (Å²) >= 11 is 0. The van der Waals surface area contributed by atoms with E-state index >= 15 is 0 Å². The molecule has 0 aliphatic carbocycles. The van der Waals surface area contributed by atoms with Crippen molar-refractivity contribution < 1.29 is 33.3 Å². The molecule has 0 saturated carbocycles. The van der Waals surface area contributed by atoms with Crippen LogP contribution in [0.4, 0.5) is 18.9 Å². The fraction of sp³-hybridized carbons (Fsp3) is 0.438. The number of nitrogens with zero attached hydrogens (tertiary/aromatic N) is 4. The molecule has 2 heterocycles. The molecule has 1 fully saturated rings. The Labute approximate surface area is 161 Å². The largest absolute Gasteiger partial charge is 0.523 e. The molecular formula is C16H15F3N4O4S. The van der Waals surface area contributed by atoms with Crippen molar-refractivity contribution in [1.29, 1.82) is 5.26 Å². The third-order valence-corrected chi connectivity index (χ3v) is 5.01. The van der Waals surface area contributed by atoms with Crippen molar-refractivity contribution in [3.63, 3.8) is 0 Å². The lowest BCUT2D eigenvalue weighted by molar-refractivity contribution is -0.0656. The van der Waals surface area contributed by atoms with Crippen LogP contribution in [0.1, 0.15) is 15.2 Å². The molecule has 8 nitrogen and oxygen atoms in total. The molecule has 0 amide bonds. The van der Waals surface area contributed by atoms with E-state index < -0.39 is 46.8 Å². The van der Waals surface area contributed by atoms with Gasteiger partial charge in [0.1, 0.15) is 23.2 Å². The summed E-state index contributed by atoms with van der Waals surface area (Å²) in [6.07, 6.45) is -2.31. The van der Waals surface area contributed by atoms with Crippen LogP contribution in [0.2, 0.25) is 0 Å². The first-order valence-corrected chi connectivity index (χ1v) is 9.38. The first-order valence-electron chi connectivity index (χ1n) is 8.97. The molecule has 3 rings (SSSR count). The molecule has 150 valence electrons. The van der Waals surface area contributed by atoms with Crippen LogP contribution in [0, 0.1) is 11.3 Å². The van der Waals surface area contributed by atoms with Crippen LogP contribution < -0.4 is 4.90 Å². The molecule has 12 heteroatoms. The molecule has 1 aromatic heterocycles. The zero-order chi connectivity index (χ0) is 22.3. The molecule has 0 unspecified atom stereocenters. The fourth-order valence-corrected chi connectivity index (χ4v) is 3.33. The van der Waals surface area contributed by atoms with Crippen molar-refractivity contribution in [2.45, 2.75) is 24.6 Å². The first kappa shape index (κ1) is 17.6. The first-order chi connectivity index (χ1) is 13.9. The van der Waals surface area contributed by atoms with Gasteiger partial charge in [-0.2, -0.15) is 26.9 Å². The Kier molecular flexibility index (Phi) is 4.71. The van der Waals surface area contributed by atoms with Gasteiger partial charge in [-0.25, -0.2) is 0 Å². The monoisotopic (exact) mass is 418 g/mol. The lowest BCUT2D eigenvalue weighted by Crippen LogP contribution is -2.49. The van der Waals surface area contributed by atoms with E-state index in [9.17, 15) is 26.9 Å². The molecule has 28 heavy (non-hydrogen) atoms. The van der Waals surface area contributed by atoms with Gasteiger partial charge in [-0.15, -0.1) is 0 Å². The molecule has 0 bridgehead atoms. The van der Waals surface area contributed by atoms with Crippen LogP contribution in [-0.4, -0.2) is 55.8 Å². The number of fused-ring (bicyclic) bond motifs is 1. The Morgan fingerprint density at radius 3 is 2.68 bits per heavy atom. The molecule has 1 aromatic carbocycles. The topological polar surface area (TPSA) is 105 Å². The molecular weight excluding hydrogens is 401 g/mol. The summed E-state index contributed by atoms with van der Waals surface area (Å²) in [4.78, 5) is 9.65. The van der Waals surface area contributed by atoms with Crippen LogP contribution in [0.15, 0.2) is 24.5 Å². The van der Waals surface area contributed by atoms with Gasteiger partial charge in [0.2, 0.25) is 0 Å². The SMILES string of the molecule is [2H]c1nc2c(C#N)ccc(N3C[C@H](COS(=O)(=O)C(F)(F)F)O[C@H](C)C3)c2nc1[2H]. The van der Waals surface area contributed by atoms with Crippen LogP contribution in [-0.2, 0) is 19.0 Å². The maximum Gasteiger partial charge on any atom is 0.523 e. The minimum absolute atomic E-state index is 0.0314. The summed E-state index contributed by atoms with van der Waals surface area (Å²) in [6.45, 7) is 1.05. The Balaban J connectivity index is 1.92. The highest BCUT2D eigenvalue weighted by Gasteiger charge is 2.47. The van der Waals surface area contributed by atoms with Gasteiger partial charge in [0.15, 0.2) is 0 Å². The van der Waals surface area contributed by atoms with Crippen molar-refractivity contribution in [3.05, 3.63) is 30.0 Å². The predicted molar refractivity (Wildman–Crippen MR) is 91.7 cm³/mol. The highest BCUT2D eigenvalue weighted by atomic mass is 32.2. The van der Waals surface area contributed by atoms with Crippen molar-refractivity contribution in [2.24, 2.45) is 0 Å². The number of benzene rings is 1. The highest BCUT2D eigenvalue weighted by molar-refractivity contribution is 7.87. The van der Waals surface area contributed by atoms with Gasteiger partial charge in [0.05, 0.1) is 26.7 Å². The standard InChI is InChI=1S/C16H15F3N4O4S/c1-10-7-23(8-12(27-10)9-26-28(24,25)16(17,18)19)13-3-2-11(6-20)14-15(13)22-5-4-21-14/h2-5,10,12H,7-9H2,1H3/t10-,12-/m1/s1/i4D,5D. The van der Waals surface area contributed by atoms with Crippen molar-refractivity contribution >= 4 is 26.8 Å². The minimum Gasteiger partial charge on any atom is -0.369 e. The number of nitriles is 1. The summed E-state index contributed by atoms with van der Waals surface area (Å²) in [7, 11) is -5.75. The molecule has 0 spiro atoms. The Morgan fingerprint density at radius 1 is 1.36 bits per heavy atom. The normalized spacial score (nSPS) is 21.9. The van der Waals surface area contributed by atoms with E-state index in [0.717, 1.165) is 0 Å². The zero-order valence-corrected chi connectivity index (χ0v) is 15.2. The average molecular weight is 418 g/mol. The van der Waals surface area contributed by atoms with Crippen molar-refractivity contribution in [1.82, 2.24) is 9.97 Å². The van der Waals surface area contributed by atoms with Crippen LogP contribution >= 0.6 is 0 Å². The third-order valence-electron chi connectivity index (χ3n) is 4.00. The smallest absolute Gasteiger partial charge is 0.369 e. The number of hydrogen-bond donors (Lipinski definition) is 0. The quantitative estimate of drug-likeness (QED) is 0.548. The van der Waals surface area contributed by atoms with E-state index in [0.29, 0.717) is 5.69 Å². The second-order valence-corrected chi connectivity index (χ2v) is 7.65. The number of morpholine rings is 1. The minimum atomic E-state index is -5.75. The number of hydrogen-bond acceptors (Lipinski definition) is 8. The predicted octanol–water partition coefficient (Wildman–Crippen LogP) is 1.96. The van der Waals surface area contributed by atoms with Crippen LogP contribution in [0.25, 0.3) is 11.0 Å². The van der Waals surface area contributed by atoms with Gasteiger partial charge in [0, 0.05) is 25.4 Å². The number of halogens is 3. The number of anilines is 1. The second kappa shape index (κ2) is 7.50. The number of ether oxygens (including phenoxy) is 1. The van der Waals surface area contributed by atoms with E-state index in [2.05, 4.69) is 14.2 Å². The maximum absolute atomic E-state index is 12.5. The summed E-state index contributed by atoms with van der Waals surface area (Å²) in [5, 5.41) is 9.27. The lowest BCUT2D eigenvalue weighted by atomic mass is 10.1. The maximum atomic E-state index is 12.5. The van der Waals surface area contributed by atoms with Gasteiger partial charge in [-0.1, -0.05) is 0 Å². The van der Waals surface area contributed by atoms with E-state index in [1.54, 1.807) is 17.9 Å². The molecule has 0 radical (unpaired) electrons. The number of rotatable bonds is 4. The van der Waals surface area contributed by atoms with Crippen LogP contribution in [0.5, 0.6) is 0 Å².